The number of hydrogen-bond donors (Lipinski definition) is 1. The van der Waals surface area contributed by atoms with Crippen molar-refractivity contribution in [2.75, 3.05) is 5.32 Å². The molecule has 0 bridgehead atoms. The number of pyridine rings is 1. The Labute approximate surface area is 146 Å². The van der Waals surface area contributed by atoms with Crippen LogP contribution in [0.3, 0.4) is 0 Å². The second kappa shape index (κ2) is 7.50. The zero-order valence-electron chi connectivity index (χ0n) is 14.6. The molecule has 134 valence electrons. The topological polar surface area (TPSA) is 95.1 Å². The molecule has 0 aromatic carbocycles. The van der Waals surface area contributed by atoms with Crippen LogP contribution in [0.15, 0.2) is 18.3 Å². The molecule has 1 fully saturated rings. The molecule has 8 heteroatoms. The highest BCUT2D eigenvalue weighted by atomic mass is 16.6. The molecule has 2 aromatic rings. The first-order valence-corrected chi connectivity index (χ1v) is 8.64. The SMILES string of the molecule is CCc1nn(C)c(NCc2cccnc2OC2CCCC2)c1[N+](=O)[O-]. The smallest absolute Gasteiger partial charge is 0.333 e. The first kappa shape index (κ1) is 17.2. The molecule has 3 rings (SSSR count). The Morgan fingerprint density at radius 3 is 2.88 bits per heavy atom. The van der Waals surface area contributed by atoms with Gasteiger partial charge >= 0.3 is 5.69 Å². The van der Waals surface area contributed by atoms with Crippen molar-refractivity contribution in [3.8, 4) is 5.88 Å². The average Bonchev–Trinajstić information content (AvgIpc) is 3.21. The van der Waals surface area contributed by atoms with Gasteiger partial charge in [0.2, 0.25) is 11.7 Å². The van der Waals surface area contributed by atoms with Crippen LogP contribution in [0.4, 0.5) is 11.5 Å². The number of ether oxygens (including phenoxy) is 1. The summed E-state index contributed by atoms with van der Waals surface area (Å²) in [7, 11) is 1.70. The van der Waals surface area contributed by atoms with E-state index in [1.165, 1.54) is 17.5 Å². The van der Waals surface area contributed by atoms with Crippen molar-refractivity contribution in [2.45, 2.75) is 51.7 Å². The highest BCUT2D eigenvalue weighted by molar-refractivity contribution is 5.60. The molecule has 1 aliphatic carbocycles. The molecule has 0 saturated heterocycles. The van der Waals surface area contributed by atoms with Crippen LogP contribution in [0.1, 0.15) is 43.9 Å². The number of aromatic nitrogens is 3. The number of hydrogen-bond acceptors (Lipinski definition) is 6. The van der Waals surface area contributed by atoms with Crippen molar-refractivity contribution < 1.29 is 9.66 Å². The average molecular weight is 345 g/mol. The molecule has 1 aliphatic rings. The van der Waals surface area contributed by atoms with Gasteiger partial charge in [-0.3, -0.25) is 10.1 Å². The number of anilines is 1. The molecule has 0 atom stereocenters. The first-order valence-electron chi connectivity index (χ1n) is 8.64. The normalized spacial score (nSPS) is 14.6. The lowest BCUT2D eigenvalue weighted by atomic mass is 10.2. The predicted octanol–water partition coefficient (Wildman–Crippen LogP) is 3.22. The number of aryl methyl sites for hydroxylation is 2. The van der Waals surface area contributed by atoms with E-state index >= 15 is 0 Å². The summed E-state index contributed by atoms with van der Waals surface area (Å²) in [5.74, 6) is 1.000. The molecule has 0 spiro atoms. The molecule has 25 heavy (non-hydrogen) atoms. The van der Waals surface area contributed by atoms with Crippen LogP contribution in [0.25, 0.3) is 0 Å². The summed E-state index contributed by atoms with van der Waals surface area (Å²) in [5, 5.41) is 18.8. The number of nitro groups is 1. The maximum atomic E-state index is 11.4. The monoisotopic (exact) mass is 345 g/mol. The lowest BCUT2D eigenvalue weighted by Crippen LogP contribution is -2.14. The minimum atomic E-state index is -0.382. The quantitative estimate of drug-likeness (QED) is 0.611. The molecule has 0 unspecified atom stereocenters. The number of rotatable bonds is 7. The fourth-order valence-corrected chi connectivity index (χ4v) is 3.20. The van der Waals surface area contributed by atoms with Gasteiger partial charge in [-0.05, 0) is 38.2 Å². The van der Waals surface area contributed by atoms with Crippen molar-refractivity contribution in [2.24, 2.45) is 7.05 Å². The maximum Gasteiger partial charge on any atom is 0.333 e. The minimum absolute atomic E-state index is 0.0344. The second-order valence-electron chi connectivity index (χ2n) is 6.22. The molecule has 8 nitrogen and oxygen atoms in total. The Balaban J connectivity index is 1.78. The third-order valence-corrected chi connectivity index (χ3v) is 4.49. The Kier molecular flexibility index (Phi) is 5.16. The van der Waals surface area contributed by atoms with Crippen molar-refractivity contribution in [3.05, 3.63) is 39.7 Å². The van der Waals surface area contributed by atoms with E-state index in [0.29, 0.717) is 30.4 Å². The van der Waals surface area contributed by atoms with Gasteiger partial charge in [0, 0.05) is 25.4 Å². The molecule has 2 aromatic heterocycles. The van der Waals surface area contributed by atoms with Gasteiger partial charge in [0.25, 0.3) is 0 Å². The van der Waals surface area contributed by atoms with Crippen LogP contribution < -0.4 is 10.1 Å². The zero-order valence-corrected chi connectivity index (χ0v) is 14.6. The number of nitrogens with zero attached hydrogens (tertiary/aromatic N) is 4. The lowest BCUT2D eigenvalue weighted by Gasteiger charge is -2.15. The maximum absolute atomic E-state index is 11.4. The van der Waals surface area contributed by atoms with Crippen molar-refractivity contribution in [3.63, 3.8) is 0 Å². The molecule has 0 amide bonds. The Morgan fingerprint density at radius 2 is 2.20 bits per heavy atom. The third-order valence-electron chi connectivity index (χ3n) is 4.49. The summed E-state index contributed by atoms with van der Waals surface area (Å²) < 4.78 is 7.54. The van der Waals surface area contributed by atoms with Gasteiger partial charge in [0.1, 0.15) is 11.8 Å². The van der Waals surface area contributed by atoms with Crippen molar-refractivity contribution in [1.29, 1.82) is 0 Å². The van der Waals surface area contributed by atoms with Crippen LogP contribution in [0.2, 0.25) is 0 Å². The van der Waals surface area contributed by atoms with Crippen LogP contribution in [-0.4, -0.2) is 25.8 Å². The fourth-order valence-electron chi connectivity index (χ4n) is 3.20. The van der Waals surface area contributed by atoms with E-state index in [2.05, 4.69) is 15.4 Å². The van der Waals surface area contributed by atoms with Gasteiger partial charge in [-0.2, -0.15) is 5.10 Å². The predicted molar refractivity (Wildman–Crippen MR) is 93.7 cm³/mol. The van der Waals surface area contributed by atoms with E-state index in [1.54, 1.807) is 13.2 Å². The molecule has 2 heterocycles. The molecule has 1 saturated carbocycles. The molecular formula is C17H23N5O3. The van der Waals surface area contributed by atoms with Gasteiger partial charge in [0.05, 0.1) is 4.92 Å². The number of nitrogens with one attached hydrogen (secondary N) is 1. The van der Waals surface area contributed by atoms with Gasteiger partial charge in [0.15, 0.2) is 0 Å². The van der Waals surface area contributed by atoms with E-state index in [-0.39, 0.29) is 16.7 Å². The summed E-state index contributed by atoms with van der Waals surface area (Å²) >= 11 is 0. The summed E-state index contributed by atoms with van der Waals surface area (Å²) in [5.41, 5.74) is 1.39. The van der Waals surface area contributed by atoms with Gasteiger partial charge in [-0.1, -0.05) is 13.0 Å². The highest BCUT2D eigenvalue weighted by Gasteiger charge is 2.26. The molecular weight excluding hydrogens is 322 g/mol. The van der Waals surface area contributed by atoms with E-state index < -0.39 is 0 Å². The van der Waals surface area contributed by atoms with E-state index in [0.717, 1.165) is 18.4 Å². The first-order chi connectivity index (χ1) is 12.1. The van der Waals surface area contributed by atoms with Crippen LogP contribution >= 0.6 is 0 Å². The van der Waals surface area contributed by atoms with Gasteiger partial charge in [-0.25, -0.2) is 9.67 Å². The molecule has 1 N–H and O–H groups in total. The van der Waals surface area contributed by atoms with Crippen molar-refractivity contribution in [1.82, 2.24) is 14.8 Å². The summed E-state index contributed by atoms with van der Waals surface area (Å²) in [6.07, 6.45) is 6.90. The lowest BCUT2D eigenvalue weighted by molar-refractivity contribution is -0.384. The van der Waals surface area contributed by atoms with Gasteiger partial charge < -0.3 is 10.1 Å². The van der Waals surface area contributed by atoms with Gasteiger partial charge in [-0.15, -0.1) is 0 Å². The van der Waals surface area contributed by atoms with Crippen LogP contribution in [-0.2, 0) is 20.0 Å². The summed E-state index contributed by atoms with van der Waals surface area (Å²) in [4.78, 5) is 15.4. The standard InChI is InChI=1S/C17H23N5O3/c1-3-14-15(22(23)24)16(21(2)20-14)19-11-12-7-6-10-18-17(12)25-13-8-4-5-9-13/h6-7,10,13,19H,3-5,8-9,11H2,1-2H3. The third kappa shape index (κ3) is 3.72. The Morgan fingerprint density at radius 1 is 1.44 bits per heavy atom. The van der Waals surface area contributed by atoms with E-state index in [4.69, 9.17) is 4.74 Å². The summed E-state index contributed by atoms with van der Waals surface area (Å²) in [6, 6.07) is 3.76. The van der Waals surface area contributed by atoms with Crippen molar-refractivity contribution >= 4 is 11.5 Å². The van der Waals surface area contributed by atoms with Crippen LogP contribution in [0.5, 0.6) is 5.88 Å². The second-order valence-corrected chi connectivity index (χ2v) is 6.22. The highest BCUT2D eigenvalue weighted by Crippen LogP contribution is 2.30. The largest absolute Gasteiger partial charge is 0.474 e. The van der Waals surface area contributed by atoms with E-state index in [1.807, 2.05) is 19.1 Å². The molecule has 0 aliphatic heterocycles. The van der Waals surface area contributed by atoms with Crippen LogP contribution in [0, 0.1) is 10.1 Å². The minimum Gasteiger partial charge on any atom is -0.474 e. The zero-order chi connectivity index (χ0) is 17.8. The van der Waals surface area contributed by atoms with E-state index in [9.17, 15) is 10.1 Å². The Hall–Kier alpha value is -2.64. The summed E-state index contributed by atoms with van der Waals surface area (Å²) in [6.45, 7) is 2.24. The Bertz CT molecular complexity index is 753. The molecule has 0 radical (unpaired) electrons. The fraction of sp³-hybridized carbons (Fsp3) is 0.529.